The first-order chi connectivity index (χ1) is 11.9. The number of benzene rings is 2. The Morgan fingerprint density at radius 1 is 1.12 bits per heavy atom. The van der Waals surface area contributed by atoms with E-state index < -0.39 is 0 Å². The van der Waals surface area contributed by atoms with Gasteiger partial charge in [0.1, 0.15) is 12.4 Å². The van der Waals surface area contributed by atoms with Crippen LogP contribution < -0.4 is 10.2 Å². The molecular formula is C21H28FN2O+. The van der Waals surface area contributed by atoms with Gasteiger partial charge in [0.15, 0.2) is 6.04 Å². The van der Waals surface area contributed by atoms with Gasteiger partial charge in [-0.2, -0.15) is 0 Å². The molecule has 1 amide bonds. The minimum atomic E-state index is -0.287. The number of carbonyl (C=O) groups is 1. The maximum Gasteiger partial charge on any atom is 0.282 e. The van der Waals surface area contributed by atoms with Crippen LogP contribution in [0.1, 0.15) is 44.2 Å². The molecule has 2 aromatic rings. The summed E-state index contributed by atoms with van der Waals surface area (Å²) in [5, 5.41) is 3.05. The fourth-order valence-electron chi connectivity index (χ4n) is 2.82. The molecule has 25 heavy (non-hydrogen) atoms. The van der Waals surface area contributed by atoms with Crippen LogP contribution in [0, 0.1) is 5.82 Å². The van der Waals surface area contributed by atoms with Gasteiger partial charge in [0, 0.05) is 11.3 Å². The Kier molecular flexibility index (Phi) is 6.71. The molecule has 0 aliphatic rings. The molecule has 4 heteroatoms. The van der Waals surface area contributed by atoms with Crippen LogP contribution in [0.5, 0.6) is 0 Å². The van der Waals surface area contributed by atoms with Gasteiger partial charge in [-0.05, 0) is 37.0 Å². The summed E-state index contributed by atoms with van der Waals surface area (Å²) < 4.78 is 13.8. The number of quaternary nitrogens is 1. The lowest BCUT2D eigenvalue weighted by atomic mass is 9.97. The Morgan fingerprint density at radius 3 is 2.44 bits per heavy atom. The normalized spacial score (nSPS) is 14.6. The third-order valence-electron chi connectivity index (χ3n) is 4.92. The zero-order valence-corrected chi connectivity index (χ0v) is 15.5. The largest absolute Gasteiger partial charge is 0.324 e. The molecule has 0 aliphatic carbocycles. The predicted molar refractivity (Wildman–Crippen MR) is 100 cm³/mol. The van der Waals surface area contributed by atoms with Crippen molar-refractivity contribution in [2.75, 3.05) is 12.4 Å². The monoisotopic (exact) mass is 343 g/mol. The van der Waals surface area contributed by atoms with E-state index in [4.69, 9.17) is 0 Å². The number of nitrogens with one attached hydrogen (secondary N) is 2. The number of rotatable bonds is 7. The van der Waals surface area contributed by atoms with E-state index >= 15 is 0 Å². The first kappa shape index (κ1) is 19.1. The molecule has 0 radical (unpaired) electrons. The third-order valence-corrected chi connectivity index (χ3v) is 4.92. The fourth-order valence-corrected chi connectivity index (χ4v) is 2.82. The number of carbonyl (C=O) groups excluding carboxylic acids is 1. The van der Waals surface area contributed by atoms with Gasteiger partial charge in [0.05, 0.1) is 7.05 Å². The van der Waals surface area contributed by atoms with E-state index in [0.29, 0.717) is 18.0 Å². The van der Waals surface area contributed by atoms with Crippen molar-refractivity contribution in [2.24, 2.45) is 0 Å². The summed E-state index contributed by atoms with van der Waals surface area (Å²) in [7, 11) is 1.91. The fraction of sp³-hybridized carbons (Fsp3) is 0.381. The van der Waals surface area contributed by atoms with Crippen molar-refractivity contribution in [3.05, 3.63) is 65.5 Å². The van der Waals surface area contributed by atoms with Gasteiger partial charge in [0.25, 0.3) is 5.91 Å². The van der Waals surface area contributed by atoms with Gasteiger partial charge >= 0.3 is 0 Å². The van der Waals surface area contributed by atoms with Crippen LogP contribution in [0.3, 0.4) is 0 Å². The minimum absolute atomic E-state index is 0.0513. The topological polar surface area (TPSA) is 33.5 Å². The van der Waals surface area contributed by atoms with E-state index in [1.165, 1.54) is 6.07 Å². The zero-order valence-electron chi connectivity index (χ0n) is 15.5. The molecule has 0 saturated heterocycles. The van der Waals surface area contributed by atoms with Crippen molar-refractivity contribution < 1.29 is 14.1 Å². The number of amides is 1. The molecule has 2 aromatic carbocycles. The van der Waals surface area contributed by atoms with Crippen molar-refractivity contribution in [3.63, 3.8) is 0 Å². The van der Waals surface area contributed by atoms with Crippen molar-refractivity contribution >= 4 is 11.6 Å². The second-order valence-electron chi connectivity index (χ2n) is 6.72. The molecular weight excluding hydrogens is 315 g/mol. The highest BCUT2D eigenvalue weighted by molar-refractivity contribution is 5.94. The average Bonchev–Trinajstić information content (AvgIpc) is 2.62. The van der Waals surface area contributed by atoms with Crippen molar-refractivity contribution in [1.29, 1.82) is 0 Å². The van der Waals surface area contributed by atoms with E-state index in [1.54, 1.807) is 12.1 Å². The van der Waals surface area contributed by atoms with Crippen LogP contribution in [0.15, 0.2) is 48.5 Å². The van der Waals surface area contributed by atoms with Crippen LogP contribution in [0.2, 0.25) is 0 Å². The Hall–Kier alpha value is -2.20. The second-order valence-corrected chi connectivity index (χ2v) is 6.72. The van der Waals surface area contributed by atoms with Crippen LogP contribution in [-0.4, -0.2) is 19.0 Å². The molecule has 0 bridgehead atoms. The SMILES string of the molecule is CC[C@H](C)c1ccccc1NC(=O)[C@@H](C)[NH+](C)Cc1ccccc1F. The zero-order chi connectivity index (χ0) is 18.4. The maximum absolute atomic E-state index is 13.8. The molecule has 2 rings (SSSR count). The number of halogens is 1. The average molecular weight is 343 g/mol. The standard InChI is InChI=1S/C21H27FN2O/c1-5-15(2)18-11-7-9-13-20(18)23-21(25)16(3)24(4)14-17-10-6-8-12-19(17)22/h6-13,15-16H,5,14H2,1-4H3,(H,23,25)/p+1/t15-,16+/m0/s1. The van der Waals surface area contributed by atoms with Crippen LogP contribution in [-0.2, 0) is 11.3 Å². The molecule has 0 saturated carbocycles. The molecule has 0 fully saturated rings. The van der Waals surface area contributed by atoms with Gasteiger partial charge in [-0.15, -0.1) is 0 Å². The van der Waals surface area contributed by atoms with E-state index in [1.807, 2.05) is 38.2 Å². The molecule has 134 valence electrons. The summed E-state index contributed by atoms with van der Waals surface area (Å²) in [6.45, 7) is 6.63. The number of likely N-dealkylation sites (N-methyl/N-ethyl adjacent to an activating group) is 1. The summed E-state index contributed by atoms with van der Waals surface area (Å²) in [5.74, 6) is 0.108. The first-order valence-electron chi connectivity index (χ1n) is 8.89. The molecule has 1 unspecified atom stereocenters. The highest BCUT2D eigenvalue weighted by Crippen LogP contribution is 2.26. The van der Waals surface area contributed by atoms with E-state index in [9.17, 15) is 9.18 Å². The smallest absolute Gasteiger partial charge is 0.282 e. The quantitative estimate of drug-likeness (QED) is 0.794. The van der Waals surface area contributed by atoms with Gasteiger partial charge in [-0.1, -0.05) is 50.2 Å². The van der Waals surface area contributed by atoms with Crippen LogP contribution in [0.4, 0.5) is 10.1 Å². The summed E-state index contributed by atoms with van der Waals surface area (Å²) in [4.78, 5) is 13.6. The Labute approximate surface area is 149 Å². The lowest BCUT2D eigenvalue weighted by Crippen LogP contribution is -3.12. The maximum atomic E-state index is 13.8. The van der Waals surface area contributed by atoms with Crippen LogP contribution >= 0.6 is 0 Å². The first-order valence-corrected chi connectivity index (χ1v) is 8.89. The highest BCUT2D eigenvalue weighted by Gasteiger charge is 2.24. The number of hydrogen-bond acceptors (Lipinski definition) is 1. The Balaban J connectivity index is 2.07. The predicted octanol–water partition coefficient (Wildman–Crippen LogP) is 3.38. The van der Waals surface area contributed by atoms with Gasteiger partial charge in [-0.25, -0.2) is 4.39 Å². The van der Waals surface area contributed by atoms with Crippen molar-refractivity contribution in [3.8, 4) is 0 Å². The molecule has 0 aliphatic heterocycles. The summed E-state index contributed by atoms with van der Waals surface area (Å²) in [5.41, 5.74) is 2.64. The highest BCUT2D eigenvalue weighted by atomic mass is 19.1. The third kappa shape index (κ3) is 4.89. The van der Waals surface area contributed by atoms with E-state index in [0.717, 1.165) is 22.6 Å². The molecule has 3 atom stereocenters. The number of anilines is 1. The van der Waals surface area contributed by atoms with Gasteiger partial charge < -0.3 is 10.2 Å². The van der Waals surface area contributed by atoms with Crippen LogP contribution in [0.25, 0.3) is 0 Å². The minimum Gasteiger partial charge on any atom is -0.324 e. The van der Waals surface area contributed by atoms with Crippen molar-refractivity contribution in [1.82, 2.24) is 0 Å². The summed E-state index contributed by atoms with van der Waals surface area (Å²) >= 11 is 0. The molecule has 3 nitrogen and oxygen atoms in total. The number of para-hydroxylation sites is 1. The lowest BCUT2D eigenvalue weighted by Gasteiger charge is -2.22. The number of hydrogen-bond donors (Lipinski definition) is 2. The summed E-state index contributed by atoms with van der Waals surface area (Å²) in [6.07, 6.45) is 1.01. The second kappa shape index (κ2) is 8.77. The molecule has 0 heterocycles. The Morgan fingerprint density at radius 2 is 1.76 bits per heavy atom. The Bertz CT molecular complexity index is 717. The van der Waals surface area contributed by atoms with Gasteiger partial charge in [0.2, 0.25) is 0 Å². The van der Waals surface area contributed by atoms with Gasteiger partial charge in [-0.3, -0.25) is 4.79 Å². The van der Waals surface area contributed by atoms with E-state index in [2.05, 4.69) is 25.2 Å². The summed E-state index contributed by atoms with van der Waals surface area (Å²) in [6, 6.07) is 14.4. The molecule has 0 aromatic heterocycles. The van der Waals surface area contributed by atoms with E-state index in [-0.39, 0.29) is 17.8 Å². The van der Waals surface area contributed by atoms with Crippen molar-refractivity contribution in [2.45, 2.75) is 45.7 Å². The molecule has 0 spiro atoms. The lowest BCUT2D eigenvalue weighted by molar-refractivity contribution is -0.908. The molecule has 2 N–H and O–H groups in total.